The second-order valence-corrected chi connectivity index (χ2v) is 7.75. The van der Waals surface area contributed by atoms with Crippen LogP contribution in [-0.4, -0.2) is 26.3 Å². The first-order valence-corrected chi connectivity index (χ1v) is 9.51. The number of hydrogen-bond acceptors (Lipinski definition) is 3. The van der Waals surface area contributed by atoms with E-state index in [1.165, 1.54) is 37.8 Å². The summed E-state index contributed by atoms with van der Waals surface area (Å²) in [6.45, 7) is 1.93. The maximum absolute atomic E-state index is 13.6. The van der Waals surface area contributed by atoms with Gasteiger partial charge in [-0.25, -0.2) is 14.4 Å². The number of fused-ring (bicyclic) bond motifs is 1. The van der Waals surface area contributed by atoms with Crippen molar-refractivity contribution in [3.8, 4) is 11.3 Å². The molecule has 0 bridgehead atoms. The normalized spacial score (nSPS) is 16.9. The molecule has 3 aromatic rings. The number of hydrogen-bond donors (Lipinski definition) is 1. The van der Waals surface area contributed by atoms with Crippen molar-refractivity contribution >= 4 is 11.6 Å². The number of aromatic nitrogens is 3. The summed E-state index contributed by atoms with van der Waals surface area (Å²) >= 11 is 0. The predicted octanol–water partition coefficient (Wildman–Crippen LogP) is 4.01. The number of nitrogens with one attached hydrogen (secondary N) is 1. The molecule has 0 radical (unpaired) electrons. The SMILES string of the molecule is Cc1cc(-c2cccc(F)c2)nc2c(C(=O)NC(C3CC3)C3CC3)ncn12.[HH]. The molecular weight excluding hydrogens is 343 g/mol. The Morgan fingerprint density at radius 3 is 2.67 bits per heavy atom. The number of nitrogens with zero attached hydrogens (tertiary/aromatic N) is 3. The molecule has 0 aliphatic heterocycles. The van der Waals surface area contributed by atoms with Gasteiger partial charge in [0.15, 0.2) is 11.3 Å². The van der Waals surface area contributed by atoms with Gasteiger partial charge in [-0.1, -0.05) is 12.1 Å². The first-order chi connectivity index (χ1) is 13.1. The van der Waals surface area contributed by atoms with Gasteiger partial charge in [0.05, 0.1) is 5.69 Å². The lowest BCUT2D eigenvalue weighted by Gasteiger charge is -2.16. The van der Waals surface area contributed by atoms with Gasteiger partial charge in [-0.2, -0.15) is 0 Å². The molecule has 5 nitrogen and oxygen atoms in total. The number of imidazole rings is 1. The Hall–Kier alpha value is -2.76. The number of aryl methyl sites for hydroxylation is 1. The number of carbonyl (C=O) groups is 1. The third-order valence-electron chi connectivity index (χ3n) is 5.59. The molecule has 140 valence electrons. The highest BCUT2D eigenvalue weighted by atomic mass is 19.1. The van der Waals surface area contributed by atoms with E-state index in [2.05, 4.69) is 15.3 Å². The van der Waals surface area contributed by atoms with Crippen LogP contribution in [0.3, 0.4) is 0 Å². The molecule has 2 saturated carbocycles. The number of rotatable bonds is 5. The minimum Gasteiger partial charge on any atom is -0.347 e. The van der Waals surface area contributed by atoms with E-state index in [1.54, 1.807) is 16.8 Å². The van der Waals surface area contributed by atoms with Crippen molar-refractivity contribution < 1.29 is 10.6 Å². The number of halogens is 1. The monoisotopic (exact) mass is 366 g/mol. The maximum atomic E-state index is 13.6. The molecule has 2 fully saturated rings. The van der Waals surface area contributed by atoms with Crippen molar-refractivity contribution in [2.75, 3.05) is 0 Å². The Morgan fingerprint density at radius 2 is 2.00 bits per heavy atom. The van der Waals surface area contributed by atoms with Crippen LogP contribution in [0.4, 0.5) is 4.39 Å². The molecule has 2 heterocycles. The summed E-state index contributed by atoms with van der Waals surface area (Å²) in [5, 5.41) is 3.21. The highest BCUT2D eigenvalue weighted by Gasteiger charge is 2.42. The quantitative estimate of drug-likeness (QED) is 0.742. The van der Waals surface area contributed by atoms with Crippen molar-refractivity contribution in [3.05, 3.63) is 53.9 Å². The van der Waals surface area contributed by atoms with Crippen LogP contribution < -0.4 is 5.32 Å². The highest BCUT2D eigenvalue weighted by Crippen LogP contribution is 2.44. The van der Waals surface area contributed by atoms with Crippen molar-refractivity contribution in [1.29, 1.82) is 0 Å². The van der Waals surface area contributed by atoms with Crippen LogP contribution in [0.5, 0.6) is 0 Å². The van der Waals surface area contributed by atoms with Crippen LogP contribution in [-0.2, 0) is 0 Å². The van der Waals surface area contributed by atoms with E-state index in [4.69, 9.17) is 0 Å². The molecule has 2 aliphatic carbocycles. The van der Waals surface area contributed by atoms with Gasteiger partial charge < -0.3 is 5.32 Å². The first kappa shape index (κ1) is 16.4. The van der Waals surface area contributed by atoms with E-state index >= 15 is 0 Å². The van der Waals surface area contributed by atoms with Gasteiger partial charge in [-0.15, -0.1) is 0 Å². The van der Waals surface area contributed by atoms with E-state index in [0.717, 1.165) is 5.69 Å². The topological polar surface area (TPSA) is 59.3 Å². The van der Waals surface area contributed by atoms with Gasteiger partial charge in [0.2, 0.25) is 0 Å². The van der Waals surface area contributed by atoms with Crippen LogP contribution in [0.1, 0.15) is 43.3 Å². The molecule has 2 aliphatic rings. The Labute approximate surface area is 158 Å². The summed E-state index contributed by atoms with van der Waals surface area (Å²) in [6.07, 6.45) is 6.43. The molecule has 0 unspecified atom stereocenters. The van der Waals surface area contributed by atoms with E-state index in [-0.39, 0.29) is 19.2 Å². The molecule has 2 aromatic heterocycles. The first-order valence-electron chi connectivity index (χ1n) is 9.51. The van der Waals surface area contributed by atoms with Gasteiger partial charge in [-0.05, 0) is 62.6 Å². The molecule has 6 heteroatoms. The average Bonchev–Trinajstić information content (AvgIpc) is 3.57. The summed E-state index contributed by atoms with van der Waals surface area (Å²) < 4.78 is 15.4. The minimum atomic E-state index is -0.310. The Balaban J connectivity index is 0.00000192. The molecule has 1 aromatic carbocycles. The summed E-state index contributed by atoms with van der Waals surface area (Å²) in [4.78, 5) is 21.9. The predicted molar refractivity (Wildman–Crippen MR) is 102 cm³/mol. The molecule has 1 N–H and O–H groups in total. The van der Waals surface area contributed by atoms with Crippen molar-refractivity contribution in [3.63, 3.8) is 0 Å². The van der Waals surface area contributed by atoms with E-state index in [0.29, 0.717) is 34.4 Å². The molecule has 0 saturated heterocycles. The fraction of sp³-hybridized carbons (Fsp3) is 0.381. The fourth-order valence-electron chi connectivity index (χ4n) is 3.83. The molecule has 0 atom stereocenters. The highest BCUT2D eigenvalue weighted by molar-refractivity contribution is 5.98. The van der Waals surface area contributed by atoms with Gasteiger partial charge >= 0.3 is 0 Å². The van der Waals surface area contributed by atoms with E-state index in [9.17, 15) is 9.18 Å². The van der Waals surface area contributed by atoms with Crippen molar-refractivity contribution in [1.82, 2.24) is 19.7 Å². The lowest BCUT2D eigenvalue weighted by atomic mass is 10.1. The lowest BCUT2D eigenvalue weighted by molar-refractivity contribution is 0.0923. The fourth-order valence-corrected chi connectivity index (χ4v) is 3.83. The maximum Gasteiger partial charge on any atom is 0.274 e. The number of carbonyl (C=O) groups excluding carboxylic acids is 1. The minimum absolute atomic E-state index is 0. The van der Waals surface area contributed by atoms with Gasteiger partial charge in [-0.3, -0.25) is 9.20 Å². The Bertz CT molecular complexity index is 1030. The zero-order valence-electron chi connectivity index (χ0n) is 15.2. The molecular formula is C21H23FN4O. The number of amides is 1. The number of benzene rings is 1. The van der Waals surface area contributed by atoms with E-state index in [1.807, 2.05) is 19.1 Å². The zero-order valence-corrected chi connectivity index (χ0v) is 15.2. The molecule has 27 heavy (non-hydrogen) atoms. The molecule has 1 amide bonds. The zero-order chi connectivity index (χ0) is 18.5. The van der Waals surface area contributed by atoms with Crippen LogP contribution >= 0.6 is 0 Å². The summed E-state index contributed by atoms with van der Waals surface area (Å²) in [6, 6.07) is 8.47. The van der Waals surface area contributed by atoms with Gasteiger partial charge in [0.25, 0.3) is 5.91 Å². The summed E-state index contributed by atoms with van der Waals surface area (Å²) in [5.41, 5.74) is 3.06. The third-order valence-corrected chi connectivity index (χ3v) is 5.59. The van der Waals surface area contributed by atoms with E-state index < -0.39 is 0 Å². The standard InChI is InChI=1S/C21H21FN4O.H2/c1-12-9-17(15-3-2-4-16(22)10-15)24-20-19(23-11-26(12)20)21(27)25-18(13-5-6-13)14-7-8-14;/h2-4,9-11,13-14,18H,5-8H2,1H3,(H,25,27);1H. The van der Waals surface area contributed by atoms with Gasteiger partial charge in [0, 0.05) is 18.7 Å². The van der Waals surface area contributed by atoms with Crippen LogP contribution in [0, 0.1) is 24.6 Å². The Kier molecular flexibility index (Phi) is 3.74. The second-order valence-electron chi connectivity index (χ2n) is 7.75. The lowest BCUT2D eigenvalue weighted by Crippen LogP contribution is -2.38. The van der Waals surface area contributed by atoms with Crippen LogP contribution in [0.2, 0.25) is 0 Å². The Morgan fingerprint density at radius 1 is 1.26 bits per heavy atom. The van der Waals surface area contributed by atoms with Crippen molar-refractivity contribution in [2.45, 2.75) is 38.6 Å². The van der Waals surface area contributed by atoms with Gasteiger partial charge in [0.1, 0.15) is 12.1 Å². The van der Waals surface area contributed by atoms with Crippen LogP contribution in [0.25, 0.3) is 16.9 Å². The molecule has 5 rings (SSSR count). The smallest absolute Gasteiger partial charge is 0.274 e. The summed E-state index contributed by atoms with van der Waals surface area (Å²) in [5.74, 6) is 0.764. The third kappa shape index (κ3) is 3.09. The second kappa shape index (κ2) is 6.15. The van der Waals surface area contributed by atoms with Crippen molar-refractivity contribution in [2.24, 2.45) is 11.8 Å². The largest absolute Gasteiger partial charge is 0.347 e. The molecule has 0 spiro atoms. The van der Waals surface area contributed by atoms with Crippen LogP contribution in [0.15, 0.2) is 36.7 Å². The summed E-state index contributed by atoms with van der Waals surface area (Å²) in [7, 11) is 0. The average molecular weight is 366 g/mol.